The summed E-state index contributed by atoms with van der Waals surface area (Å²) >= 11 is 4.91. The van der Waals surface area contributed by atoms with Gasteiger partial charge in [-0.3, -0.25) is 4.79 Å². The Morgan fingerprint density at radius 3 is 2.57 bits per heavy atom. The number of ether oxygens (including phenoxy) is 1. The molecule has 0 atom stereocenters. The second kappa shape index (κ2) is 6.73. The first-order chi connectivity index (χ1) is 10.6. The molecule has 1 saturated heterocycles. The Labute approximate surface area is 148 Å². The normalized spacial score (nSPS) is 16.6. The molecule has 1 aromatic rings. The first-order valence-corrected chi connectivity index (χ1v) is 8.84. The highest BCUT2D eigenvalue weighted by Gasteiger charge is 2.48. The number of likely N-dealkylation sites (tertiary alicyclic amines) is 1. The Kier molecular flexibility index (Phi) is 5.30. The number of aliphatic carboxylic acids is 1. The van der Waals surface area contributed by atoms with Crippen LogP contribution >= 0.6 is 27.7 Å². The number of nitrogens with zero attached hydrogens (tertiary/aromatic N) is 1. The van der Waals surface area contributed by atoms with Crippen molar-refractivity contribution in [3.8, 4) is 0 Å². The first kappa shape index (κ1) is 18.1. The Balaban J connectivity index is 2.06. The van der Waals surface area contributed by atoms with Gasteiger partial charge in [-0.2, -0.15) is 0 Å². The zero-order valence-corrected chi connectivity index (χ0v) is 15.7. The number of hydrogen-bond donors (Lipinski definition) is 1. The van der Waals surface area contributed by atoms with Crippen LogP contribution in [0.1, 0.15) is 27.2 Å². The minimum absolute atomic E-state index is 0.00345. The number of amides is 1. The van der Waals surface area contributed by atoms with Gasteiger partial charge in [0.05, 0.1) is 11.2 Å². The Morgan fingerprint density at radius 2 is 2.04 bits per heavy atom. The smallest absolute Gasteiger partial charge is 0.410 e. The standard InChI is InChI=1S/C16H20BrNO4S/c1-15(2,3)22-14(21)18-9-16(10-18,8-13(19)20)23-12-6-4-5-11(17)7-12/h4-7H,8-10H2,1-3H3,(H,19,20). The van der Waals surface area contributed by atoms with Crippen molar-refractivity contribution >= 4 is 39.8 Å². The second-order valence-corrected chi connectivity index (χ2v) is 9.11. The largest absolute Gasteiger partial charge is 0.481 e. The van der Waals surface area contributed by atoms with Gasteiger partial charge in [-0.25, -0.2) is 4.79 Å². The number of halogens is 1. The van der Waals surface area contributed by atoms with Gasteiger partial charge in [-0.1, -0.05) is 22.0 Å². The number of thioether (sulfide) groups is 1. The van der Waals surface area contributed by atoms with Crippen molar-refractivity contribution in [1.82, 2.24) is 4.90 Å². The molecule has 1 aromatic carbocycles. The molecule has 23 heavy (non-hydrogen) atoms. The van der Waals surface area contributed by atoms with Crippen LogP contribution < -0.4 is 0 Å². The minimum Gasteiger partial charge on any atom is -0.481 e. The predicted molar refractivity (Wildman–Crippen MR) is 92.8 cm³/mol. The van der Waals surface area contributed by atoms with E-state index in [0.29, 0.717) is 13.1 Å². The average molecular weight is 402 g/mol. The lowest BCUT2D eigenvalue weighted by Crippen LogP contribution is -2.62. The summed E-state index contributed by atoms with van der Waals surface area (Å²) in [4.78, 5) is 25.8. The van der Waals surface area contributed by atoms with E-state index in [9.17, 15) is 14.7 Å². The minimum atomic E-state index is -0.865. The zero-order valence-electron chi connectivity index (χ0n) is 13.3. The average Bonchev–Trinajstić information content (AvgIpc) is 2.32. The van der Waals surface area contributed by atoms with E-state index in [1.807, 2.05) is 45.0 Å². The van der Waals surface area contributed by atoms with E-state index in [4.69, 9.17) is 4.74 Å². The van der Waals surface area contributed by atoms with Crippen molar-refractivity contribution in [1.29, 1.82) is 0 Å². The van der Waals surface area contributed by atoms with Crippen molar-refractivity contribution in [3.05, 3.63) is 28.7 Å². The topological polar surface area (TPSA) is 66.8 Å². The van der Waals surface area contributed by atoms with Crippen molar-refractivity contribution in [2.45, 2.75) is 42.4 Å². The van der Waals surface area contributed by atoms with Crippen molar-refractivity contribution < 1.29 is 19.4 Å². The number of benzene rings is 1. The Bertz CT molecular complexity index is 608. The summed E-state index contributed by atoms with van der Waals surface area (Å²) in [5.41, 5.74) is -0.556. The lowest BCUT2D eigenvalue weighted by atomic mass is 9.95. The molecule has 5 nitrogen and oxygen atoms in total. The van der Waals surface area contributed by atoms with Crippen molar-refractivity contribution in [3.63, 3.8) is 0 Å². The highest BCUT2D eigenvalue weighted by atomic mass is 79.9. The van der Waals surface area contributed by atoms with Crippen LogP contribution in [-0.4, -0.2) is 45.5 Å². The van der Waals surface area contributed by atoms with Crippen LogP contribution in [0.4, 0.5) is 4.79 Å². The van der Waals surface area contributed by atoms with Gasteiger partial charge in [0, 0.05) is 22.5 Å². The van der Waals surface area contributed by atoms with Gasteiger partial charge in [-0.15, -0.1) is 11.8 Å². The summed E-state index contributed by atoms with van der Waals surface area (Å²) in [6, 6.07) is 7.71. The molecule has 0 saturated carbocycles. The maximum atomic E-state index is 12.1. The van der Waals surface area contributed by atoms with Crippen LogP contribution in [0.25, 0.3) is 0 Å². The van der Waals surface area contributed by atoms with E-state index in [-0.39, 0.29) is 6.42 Å². The monoisotopic (exact) mass is 401 g/mol. The van der Waals surface area contributed by atoms with Crippen LogP contribution in [0, 0.1) is 0 Å². The summed E-state index contributed by atoms with van der Waals surface area (Å²) in [6.45, 7) is 6.17. The fourth-order valence-electron chi connectivity index (χ4n) is 2.37. The number of rotatable bonds is 4. The summed E-state index contributed by atoms with van der Waals surface area (Å²) in [6.07, 6.45) is -0.392. The molecule has 1 N–H and O–H groups in total. The van der Waals surface area contributed by atoms with E-state index in [1.165, 1.54) is 11.8 Å². The predicted octanol–water partition coefficient (Wildman–Crippen LogP) is 4.01. The van der Waals surface area contributed by atoms with Crippen LogP contribution in [0.3, 0.4) is 0 Å². The van der Waals surface area contributed by atoms with Crippen LogP contribution in [0.2, 0.25) is 0 Å². The van der Waals surface area contributed by atoms with Gasteiger partial charge in [0.15, 0.2) is 0 Å². The third kappa shape index (κ3) is 5.14. The second-order valence-electron chi connectivity index (χ2n) is 6.65. The maximum absolute atomic E-state index is 12.1. The van der Waals surface area contributed by atoms with E-state index in [1.54, 1.807) is 4.90 Å². The SMILES string of the molecule is CC(C)(C)OC(=O)N1CC(CC(=O)O)(Sc2cccc(Br)c2)C1. The summed E-state index contributed by atoms with van der Waals surface area (Å²) in [7, 11) is 0. The van der Waals surface area contributed by atoms with Gasteiger partial charge in [0.2, 0.25) is 0 Å². The first-order valence-electron chi connectivity index (χ1n) is 7.23. The third-order valence-corrected chi connectivity index (χ3v) is 5.03. The summed E-state index contributed by atoms with van der Waals surface area (Å²) in [5.74, 6) is -0.865. The zero-order chi connectivity index (χ0) is 17.3. The molecular formula is C16H20BrNO4S. The fraction of sp³-hybridized carbons (Fsp3) is 0.500. The molecule has 0 aliphatic carbocycles. The molecule has 0 unspecified atom stereocenters. The fourth-order valence-corrected chi connectivity index (χ4v) is 4.39. The van der Waals surface area contributed by atoms with E-state index in [2.05, 4.69) is 15.9 Å². The van der Waals surface area contributed by atoms with Gasteiger partial charge >= 0.3 is 12.1 Å². The molecule has 1 fully saturated rings. The van der Waals surface area contributed by atoms with E-state index < -0.39 is 22.4 Å². The molecule has 1 amide bonds. The summed E-state index contributed by atoms with van der Waals surface area (Å²) in [5, 5.41) is 9.20. The highest BCUT2D eigenvalue weighted by Crippen LogP contribution is 2.43. The van der Waals surface area contributed by atoms with E-state index >= 15 is 0 Å². The van der Waals surface area contributed by atoms with Gasteiger partial charge < -0.3 is 14.7 Å². The van der Waals surface area contributed by atoms with Gasteiger partial charge in [0.25, 0.3) is 0 Å². The molecule has 7 heteroatoms. The molecule has 1 aliphatic rings. The highest BCUT2D eigenvalue weighted by molar-refractivity contribution is 9.10. The number of carbonyl (C=O) groups is 2. The lowest BCUT2D eigenvalue weighted by molar-refractivity contribution is -0.138. The molecule has 1 heterocycles. The van der Waals surface area contributed by atoms with Crippen molar-refractivity contribution in [2.24, 2.45) is 0 Å². The Morgan fingerprint density at radius 1 is 1.39 bits per heavy atom. The lowest BCUT2D eigenvalue weighted by Gasteiger charge is -2.48. The van der Waals surface area contributed by atoms with Crippen LogP contribution in [0.15, 0.2) is 33.6 Å². The van der Waals surface area contributed by atoms with Gasteiger partial charge in [0.1, 0.15) is 5.60 Å². The van der Waals surface area contributed by atoms with E-state index in [0.717, 1.165) is 9.37 Å². The molecule has 1 aliphatic heterocycles. The number of carbonyl (C=O) groups excluding carboxylic acids is 1. The van der Waals surface area contributed by atoms with Gasteiger partial charge in [-0.05, 0) is 39.0 Å². The molecule has 0 radical (unpaired) electrons. The number of carboxylic acid groups (broad SMARTS) is 1. The molecule has 0 aromatic heterocycles. The number of hydrogen-bond acceptors (Lipinski definition) is 4. The molecule has 0 bridgehead atoms. The Hall–Kier alpha value is -1.21. The molecule has 0 spiro atoms. The van der Waals surface area contributed by atoms with Crippen molar-refractivity contribution in [2.75, 3.05) is 13.1 Å². The molecular weight excluding hydrogens is 382 g/mol. The quantitative estimate of drug-likeness (QED) is 0.825. The van der Waals surface area contributed by atoms with Crippen LogP contribution in [-0.2, 0) is 9.53 Å². The maximum Gasteiger partial charge on any atom is 0.410 e. The molecule has 2 rings (SSSR count). The molecule has 126 valence electrons. The number of carboxylic acids is 1. The van der Waals surface area contributed by atoms with Crippen LogP contribution in [0.5, 0.6) is 0 Å². The summed E-state index contributed by atoms with van der Waals surface area (Å²) < 4.78 is 5.76. The third-order valence-electron chi connectivity index (χ3n) is 3.21.